The van der Waals surface area contributed by atoms with E-state index in [2.05, 4.69) is 0 Å². The van der Waals surface area contributed by atoms with Gasteiger partial charge in [-0.25, -0.2) is 4.39 Å². The fourth-order valence-electron chi connectivity index (χ4n) is 1.25. The van der Waals surface area contributed by atoms with E-state index in [0.717, 1.165) is 6.07 Å². The van der Waals surface area contributed by atoms with Gasteiger partial charge in [0, 0.05) is 5.56 Å². The molecular formula is C10H10F4O3. The van der Waals surface area contributed by atoms with Gasteiger partial charge in [-0.05, 0) is 12.1 Å². The zero-order valence-electron chi connectivity index (χ0n) is 8.45. The van der Waals surface area contributed by atoms with E-state index in [4.69, 9.17) is 10.2 Å². The molecule has 0 spiro atoms. The van der Waals surface area contributed by atoms with Gasteiger partial charge in [0.25, 0.3) is 0 Å². The van der Waals surface area contributed by atoms with Crippen LogP contribution in [0.5, 0.6) is 0 Å². The van der Waals surface area contributed by atoms with Crippen LogP contribution < -0.4 is 0 Å². The quantitative estimate of drug-likeness (QED) is 0.711. The number of aliphatic hydroxyl groups is 3. The molecule has 96 valence electrons. The molecule has 0 heterocycles. The molecule has 2 atom stereocenters. The molecule has 0 aliphatic rings. The Balaban J connectivity index is 3.06. The van der Waals surface area contributed by atoms with Crippen LogP contribution in [0.2, 0.25) is 0 Å². The third kappa shape index (κ3) is 3.15. The first-order valence-electron chi connectivity index (χ1n) is 4.61. The Labute approximate surface area is 93.9 Å². The molecule has 3 nitrogen and oxygen atoms in total. The van der Waals surface area contributed by atoms with Crippen LogP contribution in [0.3, 0.4) is 0 Å². The topological polar surface area (TPSA) is 60.7 Å². The molecule has 3 N–H and O–H groups in total. The summed E-state index contributed by atoms with van der Waals surface area (Å²) in [6.07, 6.45) is -8.11. The average Bonchev–Trinajstić information content (AvgIpc) is 2.25. The predicted octanol–water partition coefficient (Wildman–Crippen LogP) is 1.23. The van der Waals surface area contributed by atoms with Crippen LogP contribution in [0.15, 0.2) is 18.2 Å². The van der Waals surface area contributed by atoms with Gasteiger partial charge in [0.05, 0.1) is 12.2 Å². The molecule has 0 fully saturated rings. The van der Waals surface area contributed by atoms with E-state index in [9.17, 15) is 22.7 Å². The normalized spacial score (nSPS) is 15.7. The van der Waals surface area contributed by atoms with Crippen molar-refractivity contribution in [2.45, 2.75) is 18.4 Å². The Kier molecular flexibility index (Phi) is 4.07. The van der Waals surface area contributed by atoms with Crippen molar-refractivity contribution in [1.82, 2.24) is 0 Å². The van der Waals surface area contributed by atoms with E-state index in [0.29, 0.717) is 6.07 Å². The molecule has 1 aromatic rings. The summed E-state index contributed by atoms with van der Waals surface area (Å²) < 4.78 is 49.9. The Morgan fingerprint density at radius 1 is 1.18 bits per heavy atom. The Bertz CT molecular complexity index is 392. The van der Waals surface area contributed by atoms with Gasteiger partial charge in [-0.1, -0.05) is 6.07 Å². The van der Waals surface area contributed by atoms with Gasteiger partial charge in [0.2, 0.25) is 0 Å². The van der Waals surface area contributed by atoms with E-state index in [1.54, 1.807) is 0 Å². The molecule has 7 heteroatoms. The summed E-state index contributed by atoms with van der Waals surface area (Å²) in [6.45, 7) is -0.832. The summed E-state index contributed by atoms with van der Waals surface area (Å²) in [4.78, 5) is 0. The molecule has 0 amide bonds. The number of aliphatic hydroxyl groups excluding tert-OH is 3. The number of halogens is 4. The maximum atomic E-state index is 13.3. The van der Waals surface area contributed by atoms with Crippen molar-refractivity contribution in [2.24, 2.45) is 0 Å². The van der Waals surface area contributed by atoms with Crippen molar-refractivity contribution in [2.75, 3.05) is 6.61 Å². The fourth-order valence-corrected chi connectivity index (χ4v) is 1.25. The Morgan fingerprint density at radius 3 is 2.18 bits per heavy atom. The summed E-state index contributed by atoms with van der Waals surface area (Å²) >= 11 is 0. The van der Waals surface area contributed by atoms with Gasteiger partial charge in [0.15, 0.2) is 0 Å². The second-order valence-electron chi connectivity index (χ2n) is 3.43. The Hall–Kier alpha value is -1.18. The van der Waals surface area contributed by atoms with E-state index >= 15 is 0 Å². The molecule has 0 aliphatic carbocycles. The lowest BCUT2D eigenvalue weighted by atomic mass is 10.0. The SMILES string of the molecule is OCC(O)C(O)c1ccc(C(F)(F)F)cc1F. The van der Waals surface area contributed by atoms with Gasteiger partial charge >= 0.3 is 6.18 Å². The lowest BCUT2D eigenvalue weighted by Gasteiger charge is -2.17. The second-order valence-corrected chi connectivity index (χ2v) is 3.43. The highest BCUT2D eigenvalue weighted by molar-refractivity contribution is 5.28. The number of benzene rings is 1. The van der Waals surface area contributed by atoms with Gasteiger partial charge in [-0.2, -0.15) is 13.2 Å². The largest absolute Gasteiger partial charge is 0.416 e. The van der Waals surface area contributed by atoms with E-state index < -0.39 is 41.9 Å². The molecule has 0 saturated carbocycles. The summed E-state index contributed by atoms with van der Waals surface area (Å²) in [6, 6.07) is 1.54. The molecule has 0 radical (unpaired) electrons. The lowest BCUT2D eigenvalue weighted by Crippen LogP contribution is -2.23. The minimum absolute atomic E-state index is 0.225. The van der Waals surface area contributed by atoms with Crippen molar-refractivity contribution < 1.29 is 32.9 Å². The second kappa shape index (κ2) is 4.99. The average molecular weight is 254 g/mol. The smallest absolute Gasteiger partial charge is 0.394 e. The fraction of sp³-hybridized carbons (Fsp3) is 0.400. The highest BCUT2D eigenvalue weighted by atomic mass is 19.4. The summed E-state index contributed by atoms with van der Waals surface area (Å²) in [7, 11) is 0. The zero-order chi connectivity index (χ0) is 13.2. The van der Waals surface area contributed by atoms with E-state index in [1.165, 1.54) is 0 Å². The highest BCUT2D eigenvalue weighted by Crippen LogP contribution is 2.31. The van der Waals surface area contributed by atoms with Crippen molar-refractivity contribution in [3.63, 3.8) is 0 Å². The van der Waals surface area contributed by atoms with Crippen LogP contribution in [0, 0.1) is 5.82 Å². The van der Waals surface area contributed by atoms with Gasteiger partial charge in [-0.15, -0.1) is 0 Å². The zero-order valence-corrected chi connectivity index (χ0v) is 8.45. The third-order valence-corrected chi connectivity index (χ3v) is 2.20. The molecule has 0 bridgehead atoms. The number of hydrogen-bond acceptors (Lipinski definition) is 3. The predicted molar refractivity (Wildman–Crippen MR) is 49.5 cm³/mol. The highest BCUT2D eigenvalue weighted by Gasteiger charge is 2.32. The monoisotopic (exact) mass is 254 g/mol. The first-order chi connectivity index (χ1) is 7.77. The van der Waals surface area contributed by atoms with Crippen LogP contribution in [-0.2, 0) is 6.18 Å². The summed E-state index contributed by atoms with van der Waals surface area (Å²) in [5.41, 5.74) is -1.69. The van der Waals surface area contributed by atoms with Crippen molar-refractivity contribution in [1.29, 1.82) is 0 Å². The van der Waals surface area contributed by atoms with Crippen LogP contribution in [0.25, 0.3) is 0 Å². The minimum atomic E-state index is -4.68. The van der Waals surface area contributed by atoms with E-state index in [-0.39, 0.29) is 6.07 Å². The Morgan fingerprint density at radius 2 is 1.76 bits per heavy atom. The van der Waals surface area contributed by atoms with Crippen molar-refractivity contribution >= 4 is 0 Å². The molecule has 2 unspecified atom stereocenters. The molecule has 0 saturated heterocycles. The first-order valence-corrected chi connectivity index (χ1v) is 4.61. The number of rotatable bonds is 3. The summed E-state index contributed by atoms with van der Waals surface area (Å²) in [5.74, 6) is -1.29. The van der Waals surface area contributed by atoms with Gasteiger partial charge < -0.3 is 15.3 Å². The first kappa shape index (κ1) is 13.9. The molecule has 1 aromatic carbocycles. The molecule has 0 aromatic heterocycles. The van der Waals surface area contributed by atoms with Crippen molar-refractivity contribution in [3.05, 3.63) is 35.1 Å². The molecule has 0 aliphatic heterocycles. The molecule has 17 heavy (non-hydrogen) atoms. The number of alkyl halides is 3. The van der Waals surface area contributed by atoms with Gasteiger partial charge in [-0.3, -0.25) is 0 Å². The van der Waals surface area contributed by atoms with Crippen LogP contribution in [0.4, 0.5) is 17.6 Å². The standard InChI is InChI=1S/C10H10F4O3/c11-7-3-5(10(12,13)14)1-2-6(7)9(17)8(16)4-15/h1-3,8-9,15-17H,4H2. The van der Waals surface area contributed by atoms with Crippen LogP contribution in [0.1, 0.15) is 17.2 Å². The summed E-state index contributed by atoms with van der Waals surface area (Å²) in [5, 5.41) is 26.9. The van der Waals surface area contributed by atoms with E-state index in [1.807, 2.05) is 0 Å². The van der Waals surface area contributed by atoms with Crippen LogP contribution >= 0.6 is 0 Å². The maximum Gasteiger partial charge on any atom is 0.416 e. The number of hydrogen-bond donors (Lipinski definition) is 3. The van der Waals surface area contributed by atoms with Crippen molar-refractivity contribution in [3.8, 4) is 0 Å². The lowest BCUT2D eigenvalue weighted by molar-refractivity contribution is -0.137. The van der Waals surface area contributed by atoms with Gasteiger partial charge in [0.1, 0.15) is 18.0 Å². The maximum absolute atomic E-state index is 13.3. The third-order valence-electron chi connectivity index (χ3n) is 2.20. The molecular weight excluding hydrogens is 244 g/mol. The molecule has 1 rings (SSSR count). The minimum Gasteiger partial charge on any atom is -0.394 e. The van der Waals surface area contributed by atoms with Crippen LogP contribution in [-0.4, -0.2) is 28.0 Å².